The van der Waals surface area contributed by atoms with Crippen LogP contribution in [0.15, 0.2) is 24.3 Å². The maximum absolute atomic E-state index is 10.8. The first-order chi connectivity index (χ1) is 9.06. The van der Waals surface area contributed by atoms with Crippen LogP contribution in [0, 0.1) is 13.8 Å². The normalized spacial score (nSPS) is 10.4. The fourth-order valence-electron chi connectivity index (χ4n) is 1.69. The minimum absolute atomic E-state index is 0.0356. The number of ether oxygens (including phenoxy) is 1. The zero-order valence-corrected chi connectivity index (χ0v) is 11.7. The van der Waals surface area contributed by atoms with Gasteiger partial charge in [0, 0.05) is 10.4 Å². The van der Waals surface area contributed by atoms with Crippen LogP contribution in [0.5, 0.6) is 5.75 Å². The molecule has 0 unspecified atom stereocenters. The van der Waals surface area contributed by atoms with Gasteiger partial charge in [-0.25, -0.2) is 4.98 Å². The fourth-order valence-corrected chi connectivity index (χ4v) is 2.54. The molecule has 100 valence electrons. The van der Waals surface area contributed by atoms with E-state index in [0.29, 0.717) is 17.9 Å². The van der Waals surface area contributed by atoms with Crippen LogP contribution in [0.2, 0.25) is 0 Å². The van der Waals surface area contributed by atoms with Crippen molar-refractivity contribution in [2.75, 3.05) is 0 Å². The Balaban J connectivity index is 2.08. The zero-order valence-electron chi connectivity index (χ0n) is 10.8. The molecule has 0 aliphatic rings. The molecular weight excluding hydrogens is 262 g/mol. The van der Waals surface area contributed by atoms with Gasteiger partial charge in [-0.3, -0.25) is 4.79 Å². The van der Waals surface area contributed by atoms with Gasteiger partial charge in [-0.2, -0.15) is 0 Å². The van der Waals surface area contributed by atoms with Crippen LogP contribution in [0.1, 0.15) is 21.1 Å². The molecule has 0 bridgehead atoms. The summed E-state index contributed by atoms with van der Waals surface area (Å²) < 4.78 is 5.68. The van der Waals surface area contributed by atoms with E-state index in [4.69, 9.17) is 9.84 Å². The van der Waals surface area contributed by atoms with Gasteiger partial charge >= 0.3 is 5.97 Å². The topological polar surface area (TPSA) is 59.4 Å². The molecule has 0 fully saturated rings. The van der Waals surface area contributed by atoms with Crippen molar-refractivity contribution >= 4 is 17.3 Å². The third-order valence-electron chi connectivity index (χ3n) is 2.74. The number of carboxylic acids is 1. The standard InChI is InChI=1S/C14H15NO3S/c1-9-10(2)19-13(15-9)8-18-12-6-4-3-5-11(12)7-14(16)17/h3-6H,7-8H2,1-2H3,(H,16,17). The van der Waals surface area contributed by atoms with Gasteiger partial charge in [0.1, 0.15) is 17.4 Å². The number of aliphatic carboxylic acids is 1. The lowest BCUT2D eigenvalue weighted by atomic mass is 10.1. The molecule has 0 aliphatic heterocycles. The molecule has 0 radical (unpaired) electrons. The summed E-state index contributed by atoms with van der Waals surface area (Å²) in [5.74, 6) is -0.257. The van der Waals surface area contributed by atoms with Gasteiger partial charge < -0.3 is 9.84 Å². The summed E-state index contributed by atoms with van der Waals surface area (Å²) in [4.78, 5) is 16.3. The lowest BCUT2D eigenvalue weighted by molar-refractivity contribution is -0.136. The van der Waals surface area contributed by atoms with E-state index in [-0.39, 0.29) is 6.42 Å². The highest BCUT2D eigenvalue weighted by Gasteiger charge is 2.09. The number of rotatable bonds is 5. The van der Waals surface area contributed by atoms with Gasteiger partial charge in [-0.05, 0) is 19.9 Å². The van der Waals surface area contributed by atoms with Crippen LogP contribution in [0.3, 0.4) is 0 Å². The zero-order chi connectivity index (χ0) is 13.8. The lowest BCUT2D eigenvalue weighted by Gasteiger charge is -2.08. The van der Waals surface area contributed by atoms with Crippen molar-refractivity contribution in [1.29, 1.82) is 0 Å². The van der Waals surface area contributed by atoms with Crippen molar-refractivity contribution in [2.45, 2.75) is 26.9 Å². The van der Waals surface area contributed by atoms with Crippen molar-refractivity contribution in [3.63, 3.8) is 0 Å². The molecule has 0 saturated carbocycles. The van der Waals surface area contributed by atoms with E-state index in [9.17, 15) is 4.79 Å². The molecule has 1 heterocycles. The Morgan fingerprint density at radius 1 is 1.37 bits per heavy atom. The largest absolute Gasteiger partial charge is 0.486 e. The first kappa shape index (κ1) is 13.5. The Kier molecular flexibility index (Phi) is 4.16. The van der Waals surface area contributed by atoms with Gasteiger partial charge in [0.15, 0.2) is 0 Å². The number of hydrogen-bond donors (Lipinski definition) is 1. The second-order valence-electron chi connectivity index (χ2n) is 4.22. The molecule has 19 heavy (non-hydrogen) atoms. The summed E-state index contributed by atoms with van der Waals surface area (Å²) in [7, 11) is 0. The Morgan fingerprint density at radius 2 is 2.11 bits per heavy atom. The quantitative estimate of drug-likeness (QED) is 0.912. The second-order valence-corrected chi connectivity index (χ2v) is 5.50. The average molecular weight is 277 g/mol. The number of aromatic nitrogens is 1. The Bertz CT molecular complexity index is 573. The highest BCUT2D eigenvalue weighted by molar-refractivity contribution is 7.11. The Hall–Kier alpha value is -1.88. The molecule has 0 amide bonds. The Labute approximate surface area is 115 Å². The molecule has 2 aromatic rings. The van der Waals surface area contributed by atoms with Crippen LogP contribution in [0.25, 0.3) is 0 Å². The number of benzene rings is 1. The molecule has 0 spiro atoms. The monoisotopic (exact) mass is 277 g/mol. The van der Waals surface area contributed by atoms with Crippen molar-refractivity contribution in [3.05, 3.63) is 45.4 Å². The minimum Gasteiger partial charge on any atom is -0.486 e. The maximum Gasteiger partial charge on any atom is 0.307 e. The summed E-state index contributed by atoms with van der Waals surface area (Å²) in [5.41, 5.74) is 1.70. The van der Waals surface area contributed by atoms with Crippen molar-refractivity contribution in [1.82, 2.24) is 4.98 Å². The predicted molar refractivity (Wildman–Crippen MR) is 73.7 cm³/mol. The van der Waals surface area contributed by atoms with Crippen LogP contribution in [0.4, 0.5) is 0 Å². The number of nitrogens with zero attached hydrogens (tertiary/aromatic N) is 1. The lowest BCUT2D eigenvalue weighted by Crippen LogP contribution is -2.04. The number of para-hydroxylation sites is 1. The maximum atomic E-state index is 10.8. The highest BCUT2D eigenvalue weighted by Crippen LogP contribution is 2.22. The number of carbonyl (C=O) groups is 1. The van der Waals surface area contributed by atoms with Crippen molar-refractivity contribution < 1.29 is 14.6 Å². The third-order valence-corrected chi connectivity index (χ3v) is 3.78. The molecule has 0 saturated heterocycles. The van der Waals surface area contributed by atoms with E-state index in [1.807, 2.05) is 26.0 Å². The van der Waals surface area contributed by atoms with E-state index >= 15 is 0 Å². The molecule has 0 atom stereocenters. The van der Waals surface area contributed by atoms with Gasteiger partial charge in [-0.1, -0.05) is 18.2 Å². The SMILES string of the molecule is Cc1nc(COc2ccccc2CC(=O)O)sc1C. The summed E-state index contributed by atoms with van der Waals surface area (Å²) in [6, 6.07) is 7.19. The number of thiazole rings is 1. The van der Waals surface area contributed by atoms with Crippen LogP contribution in [-0.4, -0.2) is 16.1 Å². The molecule has 1 aromatic heterocycles. The van der Waals surface area contributed by atoms with E-state index in [1.165, 1.54) is 4.88 Å². The van der Waals surface area contributed by atoms with Crippen LogP contribution >= 0.6 is 11.3 Å². The minimum atomic E-state index is -0.864. The van der Waals surface area contributed by atoms with Gasteiger partial charge in [-0.15, -0.1) is 11.3 Å². The fraction of sp³-hybridized carbons (Fsp3) is 0.286. The summed E-state index contributed by atoms with van der Waals surface area (Å²) in [6.07, 6.45) is -0.0356. The highest BCUT2D eigenvalue weighted by atomic mass is 32.1. The molecular formula is C14H15NO3S. The number of aryl methyl sites for hydroxylation is 2. The second kappa shape index (κ2) is 5.84. The molecule has 1 aromatic carbocycles. The van der Waals surface area contributed by atoms with Gasteiger partial charge in [0.25, 0.3) is 0 Å². The summed E-state index contributed by atoms with van der Waals surface area (Å²) in [6.45, 7) is 4.36. The van der Waals surface area contributed by atoms with Crippen molar-refractivity contribution in [2.24, 2.45) is 0 Å². The number of carboxylic acid groups (broad SMARTS) is 1. The van der Waals surface area contributed by atoms with Crippen LogP contribution in [-0.2, 0) is 17.8 Å². The van der Waals surface area contributed by atoms with E-state index in [0.717, 1.165) is 10.7 Å². The molecule has 1 N–H and O–H groups in total. The molecule has 5 heteroatoms. The number of hydrogen-bond acceptors (Lipinski definition) is 4. The first-order valence-electron chi connectivity index (χ1n) is 5.91. The predicted octanol–water partition coefficient (Wildman–Crippen LogP) is 2.97. The Morgan fingerprint density at radius 3 is 2.74 bits per heavy atom. The van der Waals surface area contributed by atoms with E-state index in [2.05, 4.69) is 4.98 Å². The summed E-state index contributed by atoms with van der Waals surface area (Å²) in [5, 5.41) is 9.75. The smallest absolute Gasteiger partial charge is 0.307 e. The third kappa shape index (κ3) is 3.54. The van der Waals surface area contributed by atoms with E-state index < -0.39 is 5.97 Å². The molecule has 4 nitrogen and oxygen atoms in total. The van der Waals surface area contributed by atoms with Crippen LogP contribution < -0.4 is 4.74 Å². The van der Waals surface area contributed by atoms with E-state index in [1.54, 1.807) is 23.5 Å². The first-order valence-corrected chi connectivity index (χ1v) is 6.73. The van der Waals surface area contributed by atoms with Gasteiger partial charge in [0.2, 0.25) is 0 Å². The van der Waals surface area contributed by atoms with Crippen molar-refractivity contribution in [3.8, 4) is 5.75 Å². The molecule has 0 aliphatic carbocycles. The summed E-state index contributed by atoms with van der Waals surface area (Å²) >= 11 is 1.60. The average Bonchev–Trinajstić information content (AvgIpc) is 2.67. The van der Waals surface area contributed by atoms with Gasteiger partial charge in [0.05, 0.1) is 12.1 Å². The molecule has 2 rings (SSSR count).